The Morgan fingerprint density at radius 1 is 1.15 bits per heavy atom. The summed E-state index contributed by atoms with van der Waals surface area (Å²) >= 11 is 0. The third-order valence-electron chi connectivity index (χ3n) is 3.46. The molecule has 0 saturated heterocycles. The summed E-state index contributed by atoms with van der Waals surface area (Å²) in [5, 5.41) is 2.78. The van der Waals surface area contributed by atoms with Gasteiger partial charge in [0.05, 0.1) is 13.2 Å². The van der Waals surface area contributed by atoms with Gasteiger partial charge >= 0.3 is 6.09 Å². The Balaban J connectivity index is 3.17. The summed E-state index contributed by atoms with van der Waals surface area (Å²) in [5.74, 6) is -0.00147. The fraction of sp³-hybridized carbons (Fsp3) is 0.500. The van der Waals surface area contributed by atoms with Crippen molar-refractivity contribution in [2.24, 2.45) is 11.3 Å². The smallest absolute Gasteiger partial charge is 0.407 e. The molecule has 0 radical (unpaired) electrons. The van der Waals surface area contributed by atoms with Crippen LogP contribution < -0.4 is 5.32 Å². The number of Topliss-reactive ketones (excluding diaryl/α,β-unsaturated/α-hetero) is 1. The van der Waals surface area contributed by atoms with E-state index in [9.17, 15) is 9.59 Å². The van der Waals surface area contributed by atoms with Gasteiger partial charge in [-0.1, -0.05) is 58.0 Å². The number of ketones is 1. The summed E-state index contributed by atoms with van der Waals surface area (Å²) in [5.41, 5.74) is 0.167. The lowest BCUT2D eigenvalue weighted by atomic mass is 9.73. The molecular formula is C16H23NO3. The first-order valence-corrected chi connectivity index (χ1v) is 6.74. The Kier molecular flexibility index (Phi) is 5.31. The quantitative estimate of drug-likeness (QED) is 0.898. The van der Waals surface area contributed by atoms with Crippen LogP contribution in [0.5, 0.6) is 0 Å². The molecule has 20 heavy (non-hydrogen) atoms. The topological polar surface area (TPSA) is 55.4 Å². The minimum absolute atomic E-state index is 0.0998. The highest BCUT2D eigenvalue weighted by Crippen LogP contribution is 2.36. The highest BCUT2D eigenvalue weighted by atomic mass is 16.5. The summed E-state index contributed by atoms with van der Waals surface area (Å²) in [7, 11) is 1.31. The second-order valence-corrected chi connectivity index (χ2v) is 5.72. The molecule has 0 bridgehead atoms. The zero-order valence-corrected chi connectivity index (χ0v) is 12.8. The summed E-state index contributed by atoms with van der Waals surface area (Å²) in [4.78, 5) is 24.0. The van der Waals surface area contributed by atoms with Crippen LogP contribution in [0.25, 0.3) is 0 Å². The van der Waals surface area contributed by atoms with Gasteiger partial charge in [-0.2, -0.15) is 0 Å². The average molecular weight is 277 g/mol. The number of hydrogen-bond donors (Lipinski definition) is 1. The molecule has 0 heterocycles. The molecular weight excluding hydrogens is 254 g/mol. The number of carbonyl (C=O) groups excluding carboxylic acids is 2. The van der Waals surface area contributed by atoms with Gasteiger partial charge in [0.1, 0.15) is 5.78 Å². The van der Waals surface area contributed by atoms with Gasteiger partial charge in [-0.3, -0.25) is 4.79 Å². The normalized spacial score (nSPS) is 12.9. The molecule has 1 aromatic carbocycles. The Labute approximate surface area is 120 Å². The van der Waals surface area contributed by atoms with E-state index in [4.69, 9.17) is 0 Å². The standard InChI is InChI=1S/C16H23NO3/c1-11(2)14(18)16(3,4)13(17-15(19)20-5)12-9-7-6-8-10-12/h6-11,13H,1-5H3,(H,17,19)/t13-/m1/s1. The van der Waals surface area contributed by atoms with E-state index in [2.05, 4.69) is 10.1 Å². The number of ether oxygens (including phenoxy) is 1. The van der Waals surface area contributed by atoms with Crippen LogP contribution in [0.2, 0.25) is 0 Å². The van der Waals surface area contributed by atoms with E-state index in [0.29, 0.717) is 0 Å². The molecule has 0 fully saturated rings. The van der Waals surface area contributed by atoms with E-state index in [1.54, 1.807) is 0 Å². The molecule has 4 nitrogen and oxygen atoms in total. The van der Waals surface area contributed by atoms with Crippen LogP contribution in [0.15, 0.2) is 30.3 Å². The lowest BCUT2D eigenvalue weighted by Gasteiger charge is -2.34. The molecule has 0 aliphatic carbocycles. The minimum atomic E-state index is -0.719. The van der Waals surface area contributed by atoms with Crippen LogP contribution >= 0.6 is 0 Å². The van der Waals surface area contributed by atoms with Crippen molar-refractivity contribution in [1.82, 2.24) is 5.32 Å². The van der Waals surface area contributed by atoms with Crippen LogP contribution in [0.1, 0.15) is 39.3 Å². The average Bonchev–Trinajstić information content (AvgIpc) is 2.44. The zero-order chi connectivity index (χ0) is 15.3. The van der Waals surface area contributed by atoms with E-state index in [1.165, 1.54) is 7.11 Å². The maximum absolute atomic E-state index is 12.5. The number of rotatable bonds is 5. The van der Waals surface area contributed by atoms with Gasteiger partial charge in [0.2, 0.25) is 0 Å². The molecule has 0 aliphatic heterocycles. The first-order valence-electron chi connectivity index (χ1n) is 6.74. The second-order valence-electron chi connectivity index (χ2n) is 5.72. The first kappa shape index (κ1) is 16.2. The van der Waals surface area contributed by atoms with Crippen LogP contribution in [0.4, 0.5) is 4.79 Å². The number of amides is 1. The highest BCUT2D eigenvalue weighted by Gasteiger charge is 2.39. The second kappa shape index (κ2) is 6.55. The summed E-state index contributed by atoms with van der Waals surface area (Å²) in [6, 6.07) is 9.04. The van der Waals surface area contributed by atoms with Gasteiger partial charge in [0, 0.05) is 11.3 Å². The van der Waals surface area contributed by atoms with Crippen LogP contribution in [-0.2, 0) is 9.53 Å². The molecule has 4 heteroatoms. The van der Waals surface area contributed by atoms with E-state index >= 15 is 0 Å². The van der Waals surface area contributed by atoms with E-state index < -0.39 is 17.6 Å². The van der Waals surface area contributed by atoms with Crippen molar-refractivity contribution >= 4 is 11.9 Å². The summed E-state index contributed by atoms with van der Waals surface area (Å²) in [6.07, 6.45) is -0.538. The Hall–Kier alpha value is -1.84. The largest absolute Gasteiger partial charge is 0.453 e. The van der Waals surface area contributed by atoms with Gasteiger partial charge in [-0.25, -0.2) is 4.79 Å². The van der Waals surface area contributed by atoms with Crippen LogP contribution in [0.3, 0.4) is 0 Å². The Bertz CT molecular complexity index is 466. The van der Waals surface area contributed by atoms with Crippen molar-refractivity contribution < 1.29 is 14.3 Å². The number of hydrogen-bond acceptors (Lipinski definition) is 3. The first-order chi connectivity index (χ1) is 9.30. The molecule has 1 aromatic rings. The molecule has 110 valence electrons. The van der Waals surface area contributed by atoms with Gasteiger partial charge in [0.25, 0.3) is 0 Å². The molecule has 0 unspecified atom stereocenters. The summed E-state index contributed by atoms with van der Waals surface area (Å²) < 4.78 is 4.68. The van der Waals surface area contributed by atoms with Crippen LogP contribution in [-0.4, -0.2) is 19.0 Å². The van der Waals surface area contributed by atoms with Gasteiger partial charge in [-0.15, -0.1) is 0 Å². The molecule has 0 spiro atoms. The van der Waals surface area contributed by atoms with Gasteiger partial charge < -0.3 is 10.1 Å². The van der Waals surface area contributed by atoms with Crippen molar-refractivity contribution in [2.75, 3.05) is 7.11 Å². The molecule has 0 aromatic heterocycles. The lowest BCUT2D eigenvalue weighted by molar-refractivity contribution is -0.131. The minimum Gasteiger partial charge on any atom is -0.453 e. The predicted octanol–water partition coefficient (Wildman–Crippen LogP) is 3.34. The number of benzene rings is 1. The number of nitrogens with one attached hydrogen (secondary N) is 1. The lowest BCUT2D eigenvalue weighted by Crippen LogP contribution is -2.43. The Morgan fingerprint density at radius 2 is 1.70 bits per heavy atom. The molecule has 0 aliphatic rings. The maximum atomic E-state index is 12.5. The molecule has 1 atom stereocenters. The Morgan fingerprint density at radius 3 is 2.15 bits per heavy atom. The zero-order valence-electron chi connectivity index (χ0n) is 12.8. The third-order valence-corrected chi connectivity index (χ3v) is 3.46. The predicted molar refractivity (Wildman–Crippen MR) is 78.3 cm³/mol. The maximum Gasteiger partial charge on any atom is 0.407 e. The van der Waals surface area contributed by atoms with Crippen molar-refractivity contribution in [3.63, 3.8) is 0 Å². The SMILES string of the molecule is COC(=O)N[C@H](c1ccccc1)C(C)(C)C(=O)C(C)C. The van der Waals surface area contributed by atoms with E-state index in [0.717, 1.165) is 5.56 Å². The molecule has 1 amide bonds. The van der Waals surface area contributed by atoms with E-state index in [-0.39, 0.29) is 11.7 Å². The van der Waals surface area contributed by atoms with E-state index in [1.807, 2.05) is 58.0 Å². The van der Waals surface area contributed by atoms with Gasteiger partial charge in [-0.05, 0) is 5.56 Å². The van der Waals surface area contributed by atoms with Gasteiger partial charge in [0.15, 0.2) is 0 Å². The highest BCUT2D eigenvalue weighted by molar-refractivity contribution is 5.87. The van der Waals surface area contributed by atoms with Crippen LogP contribution in [0, 0.1) is 11.3 Å². The van der Waals surface area contributed by atoms with Crippen molar-refractivity contribution in [3.05, 3.63) is 35.9 Å². The fourth-order valence-corrected chi connectivity index (χ4v) is 2.39. The molecule has 1 rings (SSSR count). The third kappa shape index (κ3) is 3.59. The number of carbonyl (C=O) groups is 2. The fourth-order valence-electron chi connectivity index (χ4n) is 2.39. The van der Waals surface area contributed by atoms with Crippen molar-refractivity contribution in [3.8, 4) is 0 Å². The summed E-state index contributed by atoms with van der Waals surface area (Å²) in [6.45, 7) is 7.43. The number of alkyl carbamates (subject to hydrolysis) is 1. The van der Waals surface area contributed by atoms with Crippen molar-refractivity contribution in [2.45, 2.75) is 33.7 Å². The monoisotopic (exact) mass is 277 g/mol. The number of methoxy groups -OCH3 is 1. The molecule has 1 N–H and O–H groups in total. The van der Waals surface area contributed by atoms with Crippen molar-refractivity contribution in [1.29, 1.82) is 0 Å². The molecule has 0 saturated carbocycles.